The zero-order chi connectivity index (χ0) is 15.1. The first-order valence-electron chi connectivity index (χ1n) is 6.67. The highest BCUT2D eigenvalue weighted by Gasteiger charge is 2.27. The number of carboxylic acids is 2. The highest BCUT2D eigenvalue weighted by Crippen LogP contribution is 2.09. The molecule has 5 heteroatoms. The smallest absolute Gasteiger partial charge is 0.320 e. The Morgan fingerprint density at radius 2 is 1.70 bits per heavy atom. The van der Waals surface area contributed by atoms with Crippen LogP contribution < -0.4 is 5.32 Å². The van der Waals surface area contributed by atoms with Crippen LogP contribution in [0.4, 0.5) is 0 Å². The number of aryl methyl sites for hydroxylation is 1. The van der Waals surface area contributed by atoms with Crippen molar-refractivity contribution < 1.29 is 19.8 Å². The Hall–Kier alpha value is -1.88. The van der Waals surface area contributed by atoms with E-state index in [2.05, 4.69) is 5.32 Å². The minimum absolute atomic E-state index is 0.175. The molecule has 0 heterocycles. The van der Waals surface area contributed by atoms with Gasteiger partial charge in [0.2, 0.25) is 0 Å². The first kappa shape index (κ1) is 16.2. The van der Waals surface area contributed by atoms with E-state index in [0.717, 1.165) is 5.56 Å². The molecule has 1 rings (SSSR count). The van der Waals surface area contributed by atoms with Crippen molar-refractivity contribution >= 4 is 11.9 Å². The number of benzene rings is 1. The summed E-state index contributed by atoms with van der Waals surface area (Å²) >= 11 is 0. The molecular weight excluding hydrogens is 258 g/mol. The molecule has 0 radical (unpaired) electrons. The topological polar surface area (TPSA) is 86.6 Å². The van der Waals surface area contributed by atoms with Crippen LogP contribution in [0.25, 0.3) is 0 Å². The molecule has 110 valence electrons. The van der Waals surface area contributed by atoms with Gasteiger partial charge in [-0.1, -0.05) is 44.2 Å². The summed E-state index contributed by atoms with van der Waals surface area (Å²) in [5, 5.41) is 21.0. The zero-order valence-corrected chi connectivity index (χ0v) is 11.7. The molecule has 0 aromatic heterocycles. The summed E-state index contributed by atoms with van der Waals surface area (Å²) in [5.41, 5.74) is 1.04. The number of aliphatic carboxylic acids is 2. The van der Waals surface area contributed by atoms with Gasteiger partial charge >= 0.3 is 11.9 Å². The third-order valence-electron chi connectivity index (χ3n) is 3.18. The molecule has 1 aromatic rings. The molecule has 0 aliphatic carbocycles. The van der Waals surface area contributed by atoms with Crippen molar-refractivity contribution in [1.29, 1.82) is 0 Å². The second-order valence-corrected chi connectivity index (χ2v) is 5.14. The third kappa shape index (κ3) is 5.01. The number of hydrogen-bond acceptors (Lipinski definition) is 3. The molecular formula is C15H21NO4. The largest absolute Gasteiger partial charge is 0.480 e. The van der Waals surface area contributed by atoms with Gasteiger partial charge in [0.15, 0.2) is 0 Å². The van der Waals surface area contributed by atoms with Crippen molar-refractivity contribution in [1.82, 2.24) is 5.32 Å². The average molecular weight is 279 g/mol. The zero-order valence-electron chi connectivity index (χ0n) is 11.7. The van der Waals surface area contributed by atoms with E-state index in [1.165, 1.54) is 0 Å². The van der Waals surface area contributed by atoms with Gasteiger partial charge in [0.1, 0.15) is 12.1 Å². The molecule has 0 spiro atoms. The van der Waals surface area contributed by atoms with Crippen LogP contribution in [0.3, 0.4) is 0 Å². The maximum absolute atomic E-state index is 11.2. The summed E-state index contributed by atoms with van der Waals surface area (Å²) < 4.78 is 0. The highest BCUT2D eigenvalue weighted by molar-refractivity contribution is 5.77. The Balaban J connectivity index is 2.65. The lowest BCUT2D eigenvalue weighted by Gasteiger charge is -2.23. The van der Waals surface area contributed by atoms with E-state index in [-0.39, 0.29) is 5.92 Å². The van der Waals surface area contributed by atoms with E-state index < -0.39 is 24.0 Å². The molecule has 3 N–H and O–H groups in total. The molecule has 2 atom stereocenters. The second-order valence-electron chi connectivity index (χ2n) is 5.14. The molecule has 0 amide bonds. The predicted molar refractivity (Wildman–Crippen MR) is 75.6 cm³/mol. The Morgan fingerprint density at radius 1 is 1.10 bits per heavy atom. The van der Waals surface area contributed by atoms with Gasteiger partial charge < -0.3 is 10.2 Å². The normalized spacial score (nSPS) is 13.9. The molecule has 0 saturated heterocycles. The molecule has 20 heavy (non-hydrogen) atoms. The Labute approximate surface area is 118 Å². The van der Waals surface area contributed by atoms with Gasteiger partial charge in [0.05, 0.1) is 0 Å². The predicted octanol–water partition coefficient (Wildman–Crippen LogP) is 1.77. The number of carbonyl (C=O) groups is 2. The van der Waals surface area contributed by atoms with Crippen LogP contribution in [-0.2, 0) is 16.0 Å². The van der Waals surface area contributed by atoms with Crippen molar-refractivity contribution in [2.45, 2.75) is 38.8 Å². The van der Waals surface area contributed by atoms with Crippen LogP contribution in [0, 0.1) is 5.92 Å². The number of nitrogens with one attached hydrogen (secondary N) is 1. The van der Waals surface area contributed by atoms with E-state index in [0.29, 0.717) is 12.8 Å². The molecule has 0 aliphatic heterocycles. The fourth-order valence-corrected chi connectivity index (χ4v) is 2.00. The monoisotopic (exact) mass is 279 g/mol. The average Bonchev–Trinajstić information content (AvgIpc) is 2.38. The van der Waals surface area contributed by atoms with Crippen LogP contribution in [0.15, 0.2) is 30.3 Å². The van der Waals surface area contributed by atoms with E-state index in [1.807, 2.05) is 30.3 Å². The third-order valence-corrected chi connectivity index (χ3v) is 3.18. The maximum atomic E-state index is 11.2. The molecule has 0 saturated carbocycles. The Kier molecular flexibility index (Phi) is 6.18. The lowest BCUT2D eigenvalue weighted by Crippen LogP contribution is -2.49. The first-order valence-corrected chi connectivity index (χ1v) is 6.67. The van der Waals surface area contributed by atoms with Gasteiger partial charge in [-0.25, -0.2) is 0 Å². The van der Waals surface area contributed by atoms with Crippen molar-refractivity contribution in [3.05, 3.63) is 35.9 Å². The molecule has 1 aromatic carbocycles. The second kappa shape index (κ2) is 7.65. The van der Waals surface area contributed by atoms with Crippen LogP contribution in [-0.4, -0.2) is 34.2 Å². The summed E-state index contributed by atoms with van der Waals surface area (Å²) in [6.07, 6.45) is 0.949. The molecule has 5 nitrogen and oxygen atoms in total. The molecule has 0 bridgehead atoms. The van der Waals surface area contributed by atoms with Gasteiger partial charge in [0.25, 0.3) is 0 Å². The van der Waals surface area contributed by atoms with E-state index in [9.17, 15) is 14.7 Å². The van der Waals surface area contributed by atoms with Gasteiger partial charge in [0, 0.05) is 0 Å². The minimum Gasteiger partial charge on any atom is -0.480 e. The standard InChI is InChI=1S/C15H21NO4/c1-10(2)13(15(19)20)16-12(14(17)18)9-8-11-6-4-3-5-7-11/h3-7,10,12-13,16H,8-9H2,1-2H3,(H,17,18)(H,19,20)/t12?,13-/m0/s1. The number of carboxylic acid groups (broad SMARTS) is 2. The Bertz CT molecular complexity index is 444. The first-order chi connectivity index (χ1) is 9.41. The van der Waals surface area contributed by atoms with Crippen LogP contribution >= 0.6 is 0 Å². The van der Waals surface area contributed by atoms with E-state index >= 15 is 0 Å². The van der Waals surface area contributed by atoms with Gasteiger partial charge in [-0.2, -0.15) is 0 Å². The van der Waals surface area contributed by atoms with Crippen molar-refractivity contribution in [3.63, 3.8) is 0 Å². The van der Waals surface area contributed by atoms with Gasteiger partial charge in [-0.15, -0.1) is 0 Å². The molecule has 0 fully saturated rings. The molecule has 1 unspecified atom stereocenters. The fraction of sp³-hybridized carbons (Fsp3) is 0.467. The quantitative estimate of drug-likeness (QED) is 0.675. The fourth-order valence-electron chi connectivity index (χ4n) is 2.00. The summed E-state index contributed by atoms with van der Waals surface area (Å²) in [6, 6.07) is 7.83. The van der Waals surface area contributed by atoms with Crippen LogP contribution in [0.1, 0.15) is 25.8 Å². The van der Waals surface area contributed by atoms with E-state index in [1.54, 1.807) is 13.8 Å². The summed E-state index contributed by atoms with van der Waals surface area (Å²) in [7, 11) is 0. The van der Waals surface area contributed by atoms with Crippen molar-refractivity contribution in [2.75, 3.05) is 0 Å². The van der Waals surface area contributed by atoms with Gasteiger partial charge in [-0.05, 0) is 24.3 Å². The summed E-state index contributed by atoms with van der Waals surface area (Å²) in [5.74, 6) is -2.22. The van der Waals surface area contributed by atoms with Crippen molar-refractivity contribution in [3.8, 4) is 0 Å². The Morgan fingerprint density at radius 3 is 2.15 bits per heavy atom. The van der Waals surface area contributed by atoms with Crippen LogP contribution in [0.5, 0.6) is 0 Å². The SMILES string of the molecule is CC(C)[C@H](NC(CCc1ccccc1)C(=O)O)C(=O)O. The summed E-state index contributed by atoms with van der Waals surface area (Å²) in [6.45, 7) is 3.50. The highest BCUT2D eigenvalue weighted by atomic mass is 16.4. The number of rotatable bonds is 8. The summed E-state index contributed by atoms with van der Waals surface area (Å²) in [4.78, 5) is 22.4. The van der Waals surface area contributed by atoms with E-state index in [4.69, 9.17) is 5.11 Å². The number of hydrogen-bond donors (Lipinski definition) is 3. The maximum Gasteiger partial charge on any atom is 0.320 e. The lowest BCUT2D eigenvalue weighted by atomic mass is 10.0. The van der Waals surface area contributed by atoms with Crippen molar-refractivity contribution in [2.24, 2.45) is 5.92 Å². The lowest BCUT2D eigenvalue weighted by molar-refractivity contribution is -0.143. The minimum atomic E-state index is -1.02. The molecule has 0 aliphatic rings. The van der Waals surface area contributed by atoms with Crippen LogP contribution in [0.2, 0.25) is 0 Å². The van der Waals surface area contributed by atoms with Gasteiger partial charge in [-0.3, -0.25) is 14.9 Å².